The van der Waals surface area contributed by atoms with Crippen molar-refractivity contribution in [3.63, 3.8) is 0 Å². The fraction of sp³-hybridized carbons (Fsp3) is 0.875. The van der Waals surface area contributed by atoms with Gasteiger partial charge >= 0.3 is 12.1 Å². The van der Waals surface area contributed by atoms with Crippen LogP contribution in [0.2, 0.25) is 0 Å². The number of nitrogens with one attached hydrogen (secondary N) is 1. The molecule has 0 aromatic rings. The van der Waals surface area contributed by atoms with Crippen molar-refractivity contribution in [2.45, 2.75) is 84.2 Å². The van der Waals surface area contributed by atoms with Crippen molar-refractivity contribution in [2.24, 2.45) is 5.92 Å². The SMILES string of the molecule is CC(C)(C)OC(=O)N[C@H](C(=O)OC(C)(C)C)[C@H]1CCC[C@@H]1O. The van der Waals surface area contributed by atoms with Crippen LogP contribution in [-0.4, -0.2) is 40.5 Å². The lowest BCUT2D eigenvalue weighted by Crippen LogP contribution is -2.51. The largest absolute Gasteiger partial charge is 0.458 e. The van der Waals surface area contributed by atoms with E-state index in [1.165, 1.54) is 0 Å². The molecule has 0 saturated heterocycles. The Morgan fingerprint density at radius 1 is 1.05 bits per heavy atom. The number of alkyl carbamates (subject to hydrolysis) is 1. The molecule has 0 unspecified atom stereocenters. The summed E-state index contributed by atoms with van der Waals surface area (Å²) in [6.45, 7) is 10.5. The summed E-state index contributed by atoms with van der Waals surface area (Å²) < 4.78 is 10.6. The molecule has 0 heterocycles. The second-order valence-corrected chi connectivity index (χ2v) is 7.82. The van der Waals surface area contributed by atoms with Crippen LogP contribution in [0.25, 0.3) is 0 Å². The number of carbonyl (C=O) groups is 2. The van der Waals surface area contributed by atoms with Crippen LogP contribution in [-0.2, 0) is 14.3 Å². The van der Waals surface area contributed by atoms with Gasteiger partial charge in [0.2, 0.25) is 0 Å². The first-order chi connectivity index (χ1) is 9.89. The Bertz CT molecular complexity index is 408. The molecule has 6 heteroatoms. The molecule has 6 nitrogen and oxygen atoms in total. The Balaban J connectivity index is 2.82. The first-order valence-electron chi connectivity index (χ1n) is 7.79. The summed E-state index contributed by atoms with van der Waals surface area (Å²) in [5.74, 6) is -0.883. The standard InChI is InChI=1S/C16H29NO5/c1-15(2,3)21-13(19)12(10-8-7-9-11(10)18)17-14(20)22-16(4,5)6/h10-12,18H,7-9H2,1-6H3,(H,17,20)/t10-,11-,12-/m0/s1. The van der Waals surface area contributed by atoms with Crippen LogP contribution in [0.15, 0.2) is 0 Å². The minimum absolute atomic E-state index is 0.345. The van der Waals surface area contributed by atoms with Crippen molar-refractivity contribution < 1.29 is 24.2 Å². The average molecular weight is 315 g/mol. The van der Waals surface area contributed by atoms with Gasteiger partial charge in [-0.1, -0.05) is 6.42 Å². The van der Waals surface area contributed by atoms with Gasteiger partial charge in [-0.3, -0.25) is 0 Å². The first kappa shape index (κ1) is 18.7. The number of esters is 1. The van der Waals surface area contributed by atoms with Gasteiger partial charge in [0.1, 0.15) is 17.2 Å². The zero-order valence-electron chi connectivity index (χ0n) is 14.4. The molecule has 0 radical (unpaired) electrons. The van der Waals surface area contributed by atoms with E-state index in [4.69, 9.17) is 9.47 Å². The summed E-state index contributed by atoms with van der Waals surface area (Å²) >= 11 is 0. The van der Waals surface area contributed by atoms with E-state index in [0.29, 0.717) is 12.8 Å². The predicted octanol–water partition coefficient (Wildman–Crippen LogP) is 2.38. The minimum atomic E-state index is -0.897. The van der Waals surface area contributed by atoms with Crippen molar-refractivity contribution in [2.75, 3.05) is 0 Å². The van der Waals surface area contributed by atoms with E-state index in [9.17, 15) is 14.7 Å². The van der Waals surface area contributed by atoms with E-state index in [2.05, 4.69) is 5.32 Å². The van der Waals surface area contributed by atoms with Gasteiger partial charge in [0.25, 0.3) is 0 Å². The van der Waals surface area contributed by atoms with Gasteiger partial charge in [-0.2, -0.15) is 0 Å². The van der Waals surface area contributed by atoms with Gasteiger partial charge in [0.05, 0.1) is 6.10 Å². The highest BCUT2D eigenvalue weighted by atomic mass is 16.6. The molecule has 0 aromatic heterocycles. The Labute approximate surface area is 132 Å². The van der Waals surface area contributed by atoms with Crippen LogP contribution in [0.3, 0.4) is 0 Å². The normalized spacial score (nSPS) is 23.8. The second kappa shape index (κ2) is 6.86. The van der Waals surface area contributed by atoms with Crippen molar-refractivity contribution in [3.05, 3.63) is 0 Å². The van der Waals surface area contributed by atoms with Crippen LogP contribution in [0.4, 0.5) is 4.79 Å². The number of aliphatic hydroxyl groups is 1. The zero-order valence-corrected chi connectivity index (χ0v) is 14.4. The maximum atomic E-state index is 12.4. The topological polar surface area (TPSA) is 84.9 Å². The summed E-state index contributed by atoms with van der Waals surface area (Å²) in [6.07, 6.45) is 0.817. The third-order valence-electron chi connectivity index (χ3n) is 3.29. The molecule has 0 spiro atoms. The monoisotopic (exact) mass is 315 g/mol. The summed E-state index contributed by atoms with van der Waals surface area (Å²) in [4.78, 5) is 24.4. The summed E-state index contributed by atoms with van der Waals surface area (Å²) in [7, 11) is 0. The fourth-order valence-electron chi connectivity index (χ4n) is 2.50. The third kappa shape index (κ3) is 6.22. The highest BCUT2D eigenvalue weighted by molar-refractivity contribution is 5.82. The Morgan fingerprint density at radius 3 is 2.00 bits per heavy atom. The van der Waals surface area contributed by atoms with E-state index in [0.717, 1.165) is 6.42 Å². The van der Waals surface area contributed by atoms with Crippen LogP contribution >= 0.6 is 0 Å². The number of hydrogen-bond donors (Lipinski definition) is 2. The number of aliphatic hydroxyl groups excluding tert-OH is 1. The van der Waals surface area contributed by atoms with Crippen LogP contribution in [0.5, 0.6) is 0 Å². The van der Waals surface area contributed by atoms with E-state index < -0.39 is 35.4 Å². The van der Waals surface area contributed by atoms with Gasteiger partial charge in [-0.15, -0.1) is 0 Å². The third-order valence-corrected chi connectivity index (χ3v) is 3.29. The molecule has 1 fully saturated rings. The summed E-state index contributed by atoms with van der Waals surface area (Å²) in [6, 6.07) is -0.897. The van der Waals surface area contributed by atoms with Gasteiger partial charge in [-0.05, 0) is 54.4 Å². The first-order valence-corrected chi connectivity index (χ1v) is 7.79. The number of ether oxygens (including phenoxy) is 2. The molecule has 1 amide bonds. The molecule has 0 aliphatic heterocycles. The lowest BCUT2D eigenvalue weighted by Gasteiger charge is -2.30. The van der Waals surface area contributed by atoms with Crippen LogP contribution in [0.1, 0.15) is 60.8 Å². The van der Waals surface area contributed by atoms with Crippen LogP contribution < -0.4 is 5.32 Å². The van der Waals surface area contributed by atoms with Gasteiger partial charge in [-0.25, -0.2) is 9.59 Å². The Hall–Kier alpha value is -1.30. The maximum Gasteiger partial charge on any atom is 0.408 e. The van der Waals surface area contributed by atoms with E-state index >= 15 is 0 Å². The zero-order chi connectivity index (χ0) is 17.1. The fourth-order valence-corrected chi connectivity index (χ4v) is 2.50. The molecule has 3 atom stereocenters. The van der Waals surface area contributed by atoms with E-state index in [1.807, 2.05) is 0 Å². The van der Waals surface area contributed by atoms with Gasteiger partial charge in [0.15, 0.2) is 0 Å². The highest BCUT2D eigenvalue weighted by Crippen LogP contribution is 2.30. The maximum absolute atomic E-state index is 12.4. The summed E-state index contributed by atoms with van der Waals surface area (Å²) in [5.41, 5.74) is -1.31. The van der Waals surface area contributed by atoms with Gasteiger partial charge < -0.3 is 19.9 Å². The molecule has 1 saturated carbocycles. The molecule has 128 valence electrons. The number of amides is 1. The molecule has 2 N–H and O–H groups in total. The number of rotatable bonds is 3. The molecule has 1 aliphatic rings. The minimum Gasteiger partial charge on any atom is -0.458 e. The Kier molecular flexibility index (Phi) is 5.84. The molecule has 22 heavy (non-hydrogen) atoms. The van der Waals surface area contributed by atoms with Crippen molar-refractivity contribution in [1.29, 1.82) is 0 Å². The second-order valence-electron chi connectivity index (χ2n) is 7.82. The smallest absolute Gasteiger partial charge is 0.408 e. The molecule has 1 rings (SSSR count). The number of hydrogen-bond acceptors (Lipinski definition) is 5. The predicted molar refractivity (Wildman–Crippen MR) is 82.4 cm³/mol. The lowest BCUT2D eigenvalue weighted by atomic mass is 9.96. The Morgan fingerprint density at radius 2 is 1.59 bits per heavy atom. The summed E-state index contributed by atoms with van der Waals surface area (Å²) in [5, 5.41) is 12.6. The number of carbonyl (C=O) groups excluding carboxylic acids is 2. The van der Waals surface area contributed by atoms with Crippen molar-refractivity contribution in [1.82, 2.24) is 5.32 Å². The van der Waals surface area contributed by atoms with Crippen LogP contribution in [0, 0.1) is 5.92 Å². The molecule has 0 aromatic carbocycles. The van der Waals surface area contributed by atoms with Crippen molar-refractivity contribution in [3.8, 4) is 0 Å². The highest BCUT2D eigenvalue weighted by Gasteiger charge is 2.40. The quantitative estimate of drug-likeness (QED) is 0.781. The molecular weight excluding hydrogens is 286 g/mol. The average Bonchev–Trinajstić information content (AvgIpc) is 2.67. The van der Waals surface area contributed by atoms with Crippen molar-refractivity contribution >= 4 is 12.1 Å². The van der Waals surface area contributed by atoms with E-state index in [-0.39, 0.29) is 5.92 Å². The lowest BCUT2D eigenvalue weighted by molar-refractivity contribution is -0.160. The molecule has 0 bridgehead atoms. The molecular formula is C16H29NO5. The van der Waals surface area contributed by atoms with E-state index in [1.54, 1.807) is 41.5 Å². The molecule has 1 aliphatic carbocycles. The van der Waals surface area contributed by atoms with Gasteiger partial charge in [0, 0.05) is 5.92 Å².